The van der Waals surface area contributed by atoms with Crippen molar-refractivity contribution in [3.05, 3.63) is 35.6 Å². The van der Waals surface area contributed by atoms with E-state index in [1.807, 2.05) is 19.1 Å². The summed E-state index contributed by atoms with van der Waals surface area (Å²) in [5.74, 6) is 5.75. The van der Waals surface area contributed by atoms with Crippen molar-refractivity contribution in [1.82, 2.24) is 5.32 Å². The zero-order chi connectivity index (χ0) is 11.8. The SMILES string of the molecule is CC#CCCC(NCC)c1ccc(F)cc1. The Kier molecular flexibility index (Phi) is 5.60. The molecule has 86 valence electrons. The largest absolute Gasteiger partial charge is 0.310 e. The molecular weight excluding hydrogens is 201 g/mol. The van der Waals surface area contributed by atoms with Gasteiger partial charge >= 0.3 is 0 Å². The monoisotopic (exact) mass is 219 g/mol. The van der Waals surface area contributed by atoms with Crippen molar-refractivity contribution in [2.75, 3.05) is 6.54 Å². The summed E-state index contributed by atoms with van der Waals surface area (Å²) in [5, 5.41) is 3.39. The zero-order valence-corrected chi connectivity index (χ0v) is 9.89. The van der Waals surface area contributed by atoms with E-state index in [0.717, 1.165) is 24.9 Å². The minimum absolute atomic E-state index is 0.188. The number of hydrogen-bond donors (Lipinski definition) is 1. The Balaban J connectivity index is 2.67. The van der Waals surface area contributed by atoms with Gasteiger partial charge in [-0.3, -0.25) is 0 Å². The molecule has 1 atom stereocenters. The summed E-state index contributed by atoms with van der Waals surface area (Å²) in [6.45, 7) is 4.82. The van der Waals surface area contributed by atoms with E-state index in [9.17, 15) is 4.39 Å². The number of halogens is 1. The highest BCUT2D eigenvalue weighted by atomic mass is 19.1. The van der Waals surface area contributed by atoms with Crippen LogP contribution in [0.4, 0.5) is 4.39 Å². The van der Waals surface area contributed by atoms with Gasteiger partial charge in [0.05, 0.1) is 0 Å². The van der Waals surface area contributed by atoms with Gasteiger partial charge in [0.2, 0.25) is 0 Å². The summed E-state index contributed by atoms with van der Waals surface area (Å²) in [4.78, 5) is 0. The predicted molar refractivity (Wildman–Crippen MR) is 65.5 cm³/mol. The van der Waals surface area contributed by atoms with E-state index in [-0.39, 0.29) is 11.9 Å². The average molecular weight is 219 g/mol. The highest BCUT2D eigenvalue weighted by Gasteiger charge is 2.08. The summed E-state index contributed by atoms with van der Waals surface area (Å²) >= 11 is 0. The smallest absolute Gasteiger partial charge is 0.123 e. The van der Waals surface area contributed by atoms with Crippen LogP contribution in [0.1, 0.15) is 38.3 Å². The molecule has 0 aromatic heterocycles. The second-order valence-corrected chi connectivity index (χ2v) is 3.63. The normalized spacial score (nSPS) is 11.7. The fraction of sp³-hybridized carbons (Fsp3) is 0.429. The van der Waals surface area contributed by atoms with Crippen LogP contribution in [0.3, 0.4) is 0 Å². The van der Waals surface area contributed by atoms with Gasteiger partial charge in [0.15, 0.2) is 0 Å². The van der Waals surface area contributed by atoms with Crippen molar-refractivity contribution in [2.45, 2.75) is 32.7 Å². The van der Waals surface area contributed by atoms with E-state index in [1.165, 1.54) is 12.1 Å². The third kappa shape index (κ3) is 4.04. The van der Waals surface area contributed by atoms with Crippen molar-refractivity contribution in [3.63, 3.8) is 0 Å². The van der Waals surface area contributed by atoms with Crippen molar-refractivity contribution in [2.24, 2.45) is 0 Å². The molecule has 0 bridgehead atoms. The van der Waals surface area contributed by atoms with E-state index < -0.39 is 0 Å². The van der Waals surface area contributed by atoms with E-state index >= 15 is 0 Å². The maximum Gasteiger partial charge on any atom is 0.123 e. The first kappa shape index (κ1) is 12.7. The first-order valence-electron chi connectivity index (χ1n) is 5.66. The summed E-state index contributed by atoms with van der Waals surface area (Å²) in [5.41, 5.74) is 1.13. The molecule has 0 radical (unpaired) electrons. The minimum atomic E-state index is -0.188. The molecule has 0 spiro atoms. The number of hydrogen-bond acceptors (Lipinski definition) is 1. The van der Waals surface area contributed by atoms with Gasteiger partial charge in [-0.1, -0.05) is 19.1 Å². The molecule has 1 unspecified atom stereocenters. The fourth-order valence-electron chi connectivity index (χ4n) is 1.67. The molecule has 0 amide bonds. The Bertz CT molecular complexity index is 359. The Morgan fingerprint density at radius 2 is 2.00 bits per heavy atom. The molecule has 2 heteroatoms. The van der Waals surface area contributed by atoms with E-state index in [0.29, 0.717) is 0 Å². The van der Waals surface area contributed by atoms with E-state index in [4.69, 9.17) is 0 Å². The second kappa shape index (κ2) is 7.03. The summed E-state index contributed by atoms with van der Waals surface area (Å²) in [6.07, 6.45) is 1.83. The molecule has 1 rings (SSSR count). The molecule has 0 saturated heterocycles. The Morgan fingerprint density at radius 1 is 1.31 bits per heavy atom. The second-order valence-electron chi connectivity index (χ2n) is 3.63. The first-order valence-corrected chi connectivity index (χ1v) is 5.66. The van der Waals surface area contributed by atoms with Crippen molar-refractivity contribution in [1.29, 1.82) is 0 Å². The van der Waals surface area contributed by atoms with Gasteiger partial charge in [-0.15, -0.1) is 11.8 Å². The maximum atomic E-state index is 12.8. The van der Waals surface area contributed by atoms with Gasteiger partial charge in [-0.25, -0.2) is 4.39 Å². The molecule has 0 fully saturated rings. The Labute approximate surface area is 97.1 Å². The number of rotatable bonds is 5. The molecule has 0 aliphatic rings. The van der Waals surface area contributed by atoms with Gasteiger partial charge in [0.1, 0.15) is 5.82 Å². The van der Waals surface area contributed by atoms with Crippen LogP contribution in [0.25, 0.3) is 0 Å². The molecular formula is C14H18FN. The van der Waals surface area contributed by atoms with Crippen LogP contribution >= 0.6 is 0 Å². The number of nitrogens with one attached hydrogen (secondary N) is 1. The third-order valence-electron chi connectivity index (χ3n) is 2.46. The average Bonchev–Trinajstić information content (AvgIpc) is 2.29. The predicted octanol–water partition coefficient (Wildman–Crippen LogP) is 3.28. The van der Waals surface area contributed by atoms with Crippen LogP contribution in [0.2, 0.25) is 0 Å². The zero-order valence-electron chi connectivity index (χ0n) is 9.89. The summed E-state index contributed by atoms with van der Waals surface area (Å²) < 4.78 is 12.8. The molecule has 0 aliphatic heterocycles. The standard InChI is InChI=1S/C14H18FN/c1-3-5-6-7-14(16-4-2)12-8-10-13(15)11-9-12/h8-11,14,16H,4,6-7H2,1-2H3. The van der Waals surface area contributed by atoms with Crippen molar-refractivity contribution < 1.29 is 4.39 Å². The van der Waals surface area contributed by atoms with Gasteiger partial charge < -0.3 is 5.32 Å². The summed E-state index contributed by atoms with van der Waals surface area (Å²) in [6, 6.07) is 6.95. The molecule has 16 heavy (non-hydrogen) atoms. The lowest BCUT2D eigenvalue weighted by atomic mass is 10.0. The molecule has 1 N–H and O–H groups in total. The van der Waals surface area contributed by atoms with Crippen LogP contribution in [0.5, 0.6) is 0 Å². The minimum Gasteiger partial charge on any atom is -0.310 e. The molecule has 1 nitrogen and oxygen atoms in total. The highest BCUT2D eigenvalue weighted by Crippen LogP contribution is 2.18. The fourth-order valence-corrected chi connectivity index (χ4v) is 1.67. The van der Waals surface area contributed by atoms with Crippen LogP contribution < -0.4 is 5.32 Å². The van der Waals surface area contributed by atoms with Crippen LogP contribution in [-0.2, 0) is 0 Å². The lowest BCUT2D eigenvalue weighted by molar-refractivity contribution is 0.521. The van der Waals surface area contributed by atoms with Crippen molar-refractivity contribution >= 4 is 0 Å². The number of benzene rings is 1. The van der Waals surface area contributed by atoms with Crippen LogP contribution in [0.15, 0.2) is 24.3 Å². The first-order chi connectivity index (χ1) is 7.77. The van der Waals surface area contributed by atoms with Crippen LogP contribution in [0, 0.1) is 17.7 Å². The molecule has 0 heterocycles. The molecule has 0 aliphatic carbocycles. The van der Waals surface area contributed by atoms with E-state index in [2.05, 4.69) is 24.1 Å². The quantitative estimate of drug-likeness (QED) is 0.749. The highest BCUT2D eigenvalue weighted by molar-refractivity contribution is 5.20. The van der Waals surface area contributed by atoms with Gasteiger partial charge in [0, 0.05) is 12.5 Å². The van der Waals surface area contributed by atoms with Gasteiger partial charge in [-0.05, 0) is 37.6 Å². The lowest BCUT2D eigenvalue weighted by Crippen LogP contribution is -2.20. The van der Waals surface area contributed by atoms with Gasteiger partial charge in [0.25, 0.3) is 0 Å². The molecule has 1 aromatic rings. The van der Waals surface area contributed by atoms with E-state index in [1.54, 1.807) is 0 Å². The van der Waals surface area contributed by atoms with Crippen molar-refractivity contribution in [3.8, 4) is 11.8 Å². The van der Waals surface area contributed by atoms with Gasteiger partial charge in [-0.2, -0.15) is 0 Å². The summed E-state index contributed by atoms with van der Waals surface area (Å²) in [7, 11) is 0. The molecule has 1 aromatic carbocycles. The Morgan fingerprint density at radius 3 is 2.56 bits per heavy atom. The lowest BCUT2D eigenvalue weighted by Gasteiger charge is -2.17. The topological polar surface area (TPSA) is 12.0 Å². The third-order valence-corrected chi connectivity index (χ3v) is 2.46. The maximum absolute atomic E-state index is 12.8. The Hall–Kier alpha value is -1.33. The molecule has 0 saturated carbocycles. The van der Waals surface area contributed by atoms with Crippen LogP contribution in [-0.4, -0.2) is 6.54 Å².